The van der Waals surface area contributed by atoms with Crippen LogP contribution in [0.15, 0.2) is 64.5 Å². The minimum atomic E-state index is -3.52. The third kappa shape index (κ3) is 4.77. The number of ether oxygens (including phenoxy) is 1. The molecule has 28 heavy (non-hydrogen) atoms. The van der Waals surface area contributed by atoms with E-state index in [0.717, 1.165) is 11.3 Å². The van der Waals surface area contributed by atoms with Gasteiger partial charge in [0.25, 0.3) is 10.0 Å². The fourth-order valence-corrected chi connectivity index (χ4v) is 3.93. The standard InChI is InChI=1S/C20H21N3O4S/c1-27-16-10-7-15(8-11-16)9-12-19(24)21-13-4-14-22-20-17-5-2-3-6-18(17)28(25,26)23-20/h2-3,5-12H,4,13-14H2,1H3,(H,21,24)(H,22,23). The van der Waals surface area contributed by atoms with E-state index in [1.165, 1.54) is 6.08 Å². The molecule has 0 aromatic heterocycles. The highest BCUT2D eigenvalue weighted by Gasteiger charge is 2.29. The van der Waals surface area contributed by atoms with Gasteiger partial charge in [-0.05, 0) is 42.3 Å². The van der Waals surface area contributed by atoms with Gasteiger partial charge in [0.2, 0.25) is 5.91 Å². The lowest BCUT2D eigenvalue weighted by molar-refractivity contribution is -0.116. The molecule has 2 aromatic rings. The Morgan fingerprint density at radius 1 is 1.18 bits per heavy atom. The van der Waals surface area contributed by atoms with E-state index < -0.39 is 10.0 Å². The lowest BCUT2D eigenvalue weighted by Gasteiger charge is -2.02. The van der Waals surface area contributed by atoms with Gasteiger partial charge in [-0.2, -0.15) is 0 Å². The fourth-order valence-electron chi connectivity index (χ4n) is 2.68. The number of sulfonamides is 1. The zero-order chi connectivity index (χ0) is 20.0. The largest absolute Gasteiger partial charge is 0.497 e. The van der Waals surface area contributed by atoms with Crippen molar-refractivity contribution in [2.45, 2.75) is 11.3 Å². The number of methoxy groups -OCH3 is 1. The Morgan fingerprint density at radius 2 is 1.93 bits per heavy atom. The van der Waals surface area contributed by atoms with Crippen LogP contribution in [0.5, 0.6) is 5.75 Å². The predicted octanol–water partition coefficient (Wildman–Crippen LogP) is 1.95. The molecule has 0 radical (unpaired) electrons. The number of aliphatic imine (C=N–C) groups is 1. The molecule has 0 bridgehead atoms. The number of benzene rings is 2. The van der Waals surface area contributed by atoms with Crippen molar-refractivity contribution in [2.75, 3.05) is 20.2 Å². The summed E-state index contributed by atoms with van der Waals surface area (Å²) in [4.78, 5) is 16.4. The van der Waals surface area contributed by atoms with Crippen molar-refractivity contribution >= 4 is 27.8 Å². The van der Waals surface area contributed by atoms with E-state index in [-0.39, 0.29) is 10.8 Å². The Bertz CT molecular complexity index is 1010. The number of nitrogens with one attached hydrogen (secondary N) is 2. The van der Waals surface area contributed by atoms with Gasteiger partial charge in [-0.3, -0.25) is 14.5 Å². The van der Waals surface area contributed by atoms with Crippen LogP contribution in [0.3, 0.4) is 0 Å². The molecule has 1 heterocycles. The van der Waals surface area contributed by atoms with Crippen LogP contribution in [0.25, 0.3) is 6.08 Å². The lowest BCUT2D eigenvalue weighted by atomic mass is 10.2. The van der Waals surface area contributed by atoms with Gasteiger partial charge in [0, 0.05) is 24.7 Å². The molecule has 0 atom stereocenters. The monoisotopic (exact) mass is 399 g/mol. The molecule has 7 nitrogen and oxygen atoms in total. The summed E-state index contributed by atoms with van der Waals surface area (Å²) in [6, 6.07) is 14.1. The number of rotatable bonds is 7. The van der Waals surface area contributed by atoms with Crippen LogP contribution in [-0.2, 0) is 14.8 Å². The van der Waals surface area contributed by atoms with Crippen molar-refractivity contribution in [2.24, 2.45) is 4.99 Å². The SMILES string of the molecule is COc1ccc(C=CC(=O)NCCCN=C2NS(=O)(=O)c3ccccc32)cc1. The summed E-state index contributed by atoms with van der Waals surface area (Å²) in [5.74, 6) is 0.909. The summed E-state index contributed by atoms with van der Waals surface area (Å²) < 4.78 is 31.5. The topological polar surface area (TPSA) is 96.9 Å². The molecule has 0 aliphatic carbocycles. The van der Waals surface area contributed by atoms with Crippen LogP contribution < -0.4 is 14.8 Å². The molecule has 2 N–H and O–H groups in total. The van der Waals surface area contributed by atoms with Gasteiger partial charge >= 0.3 is 0 Å². The number of amidine groups is 1. The first kappa shape index (κ1) is 19.6. The second-order valence-corrected chi connectivity index (χ2v) is 7.73. The highest BCUT2D eigenvalue weighted by molar-refractivity contribution is 7.90. The average molecular weight is 399 g/mol. The molecule has 8 heteroatoms. The normalized spacial score (nSPS) is 16.0. The molecule has 1 amide bonds. The van der Waals surface area contributed by atoms with Crippen LogP contribution in [0.1, 0.15) is 17.5 Å². The van der Waals surface area contributed by atoms with Crippen LogP contribution in [0.4, 0.5) is 0 Å². The molecule has 2 aromatic carbocycles. The van der Waals surface area contributed by atoms with Gasteiger partial charge in [-0.1, -0.05) is 24.3 Å². The highest BCUT2D eigenvalue weighted by Crippen LogP contribution is 2.22. The van der Waals surface area contributed by atoms with Crippen LogP contribution >= 0.6 is 0 Å². The Hall–Kier alpha value is -3.13. The summed E-state index contributed by atoms with van der Waals surface area (Å²) in [7, 11) is -1.92. The Morgan fingerprint density at radius 3 is 2.68 bits per heavy atom. The first-order valence-corrected chi connectivity index (χ1v) is 10.2. The van der Waals surface area contributed by atoms with Crippen molar-refractivity contribution in [3.63, 3.8) is 0 Å². The minimum absolute atomic E-state index is 0.199. The van der Waals surface area contributed by atoms with Crippen LogP contribution in [-0.4, -0.2) is 40.4 Å². The predicted molar refractivity (Wildman–Crippen MR) is 108 cm³/mol. The van der Waals surface area contributed by atoms with Crippen molar-refractivity contribution in [3.05, 3.63) is 65.7 Å². The fraction of sp³-hybridized carbons (Fsp3) is 0.200. The average Bonchev–Trinajstić information content (AvgIpc) is 2.97. The zero-order valence-corrected chi connectivity index (χ0v) is 16.2. The van der Waals surface area contributed by atoms with E-state index in [4.69, 9.17) is 4.74 Å². The van der Waals surface area contributed by atoms with E-state index in [2.05, 4.69) is 15.0 Å². The van der Waals surface area contributed by atoms with Crippen molar-refractivity contribution < 1.29 is 17.9 Å². The van der Waals surface area contributed by atoms with E-state index in [9.17, 15) is 13.2 Å². The van der Waals surface area contributed by atoms with Gasteiger partial charge < -0.3 is 10.1 Å². The highest BCUT2D eigenvalue weighted by atomic mass is 32.2. The smallest absolute Gasteiger partial charge is 0.263 e. The van der Waals surface area contributed by atoms with Crippen molar-refractivity contribution in [3.8, 4) is 5.75 Å². The molecule has 0 spiro atoms. The minimum Gasteiger partial charge on any atom is -0.497 e. The number of nitrogens with zero attached hydrogens (tertiary/aromatic N) is 1. The van der Waals surface area contributed by atoms with Gasteiger partial charge in [0.1, 0.15) is 11.6 Å². The first-order valence-electron chi connectivity index (χ1n) is 8.76. The number of hydrogen-bond donors (Lipinski definition) is 2. The maximum Gasteiger partial charge on any atom is 0.263 e. The molecule has 146 valence electrons. The van der Waals surface area contributed by atoms with Crippen LogP contribution in [0, 0.1) is 0 Å². The summed E-state index contributed by atoms with van der Waals surface area (Å²) in [5.41, 5.74) is 1.48. The van der Waals surface area contributed by atoms with E-state index in [1.807, 2.05) is 24.3 Å². The number of carbonyl (C=O) groups is 1. The first-order chi connectivity index (χ1) is 13.5. The summed E-state index contributed by atoms with van der Waals surface area (Å²) in [5, 5.41) is 2.78. The zero-order valence-electron chi connectivity index (χ0n) is 15.4. The van der Waals surface area contributed by atoms with E-state index in [1.54, 1.807) is 37.5 Å². The van der Waals surface area contributed by atoms with E-state index >= 15 is 0 Å². The van der Waals surface area contributed by atoms with Gasteiger partial charge in [0.15, 0.2) is 0 Å². The molecule has 3 rings (SSSR count). The quantitative estimate of drug-likeness (QED) is 0.549. The number of hydrogen-bond acceptors (Lipinski definition) is 5. The number of fused-ring (bicyclic) bond motifs is 1. The molecular weight excluding hydrogens is 378 g/mol. The lowest BCUT2D eigenvalue weighted by Crippen LogP contribution is -2.24. The molecule has 0 fully saturated rings. The molecule has 1 aliphatic rings. The molecule has 0 unspecified atom stereocenters. The Balaban J connectivity index is 1.45. The number of carbonyl (C=O) groups excluding carboxylic acids is 1. The second kappa shape index (κ2) is 8.71. The van der Waals surface area contributed by atoms with E-state index in [0.29, 0.717) is 30.9 Å². The van der Waals surface area contributed by atoms with Gasteiger partial charge in [0.05, 0.1) is 12.0 Å². The Kier molecular flexibility index (Phi) is 6.10. The maximum absolute atomic E-state index is 12.0. The third-order valence-electron chi connectivity index (χ3n) is 4.11. The molecule has 1 aliphatic heterocycles. The van der Waals surface area contributed by atoms with Crippen molar-refractivity contribution in [1.82, 2.24) is 10.0 Å². The number of amides is 1. The summed E-state index contributed by atoms with van der Waals surface area (Å²) in [6.45, 7) is 0.839. The summed E-state index contributed by atoms with van der Waals surface area (Å²) >= 11 is 0. The Labute approximate surface area is 164 Å². The summed E-state index contributed by atoms with van der Waals surface area (Å²) in [6.07, 6.45) is 3.78. The van der Waals surface area contributed by atoms with Crippen LogP contribution in [0.2, 0.25) is 0 Å². The van der Waals surface area contributed by atoms with Gasteiger partial charge in [-0.25, -0.2) is 8.42 Å². The second-order valence-electron chi connectivity index (χ2n) is 6.08. The maximum atomic E-state index is 12.0. The molecular formula is C20H21N3O4S. The molecule has 0 saturated heterocycles. The third-order valence-corrected chi connectivity index (χ3v) is 5.51. The van der Waals surface area contributed by atoms with Gasteiger partial charge in [-0.15, -0.1) is 0 Å². The van der Waals surface area contributed by atoms with Crippen molar-refractivity contribution in [1.29, 1.82) is 0 Å². The molecule has 0 saturated carbocycles.